The highest BCUT2D eigenvalue weighted by Crippen LogP contribution is 2.39. The number of amides is 2. The smallest absolute Gasteiger partial charge is 0.291 e. The number of rotatable bonds is 4. The minimum Gasteiger partial charge on any atom is -0.451 e. The van der Waals surface area contributed by atoms with Crippen LogP contribution in [0, 0.1) is 0 Å². The maximum Gasteiger partial charge on any atom is 0.291 e. The normalized spacial score (nSPS) is 11.5. The predicted molar refractivity (Wildman–Crippen MR) is 134 cm³/mol. The summed E-state index contributed by atoms with van der Waals surface area (Å²) in [6.45, 7) is 5.72. The number of benzene rings is 2. The first-order chi connectivity index (χ1) is 15.1. The summed E-state index contributed by atoms with van der Waals surface area (Å²) in [6, 6.07) is 16.4. The molecule has 0 aliphatic heterocycles. The fraction of sp³-hybridized carbons (Fsp3) is 0.167. The maximum absolute atomic E-state index is 12.8. The Bertz CT molecular complexity index is 1320. The molecule has 164 valence electrons. The van der Waals surface area contributed by atoms with Gasteiger partial charge in [0.2, 0.25) is 0 Å². The van der Waals surface area contributed by atoms with Crippen molar-refractivity contribution in [3.63, 3.8) is 0 Å². The molecule has 4 aromatic rings. The number of thiophene rings is 1. The van der Waals surface area contributed by atoms with Gasteiger partial charge >= 0.3 is 0 Å². The van der Waals surface area contributed by atoms with E-state index >= 15 is 0 Å². The van der Waals surface area contributed by atoms with Gasteiger partial charge in [0.1, 0.15) is 10.6 Å². The lowest BCUT2D eigenvalue weighted by molar-refractivity contribution is 0.0923. The van der Waals surface area contributed by atoms with E-state index in [1.165, 1.54) is 11.3 Å². The summed E-state index contributed by atoms with van der Waals surface area (Å²) in [5.41, 5.74) is 1.05. The lowest BCUT2D eigenvalue weighted by Crippen LogP contribution is -2.40. The van der Waals surface area contributed by atoms with Crippen molar-refractivity contribution in [1.82, 2.24) is 5.32 Å². The zero-order valence-electron chi connectivity index (χ0n) is 17.6. The summed E-state index contributed by atoms with van der Waals surface area (Å²) in [6.07, 6.45) is 0. The van der Waals surface area contributed by atoms with Gasteiger partial charge < -0.3 is 15.1 Å². The topological polar surface area (TPSA) is 71.3 Å². The SMILES string of the molecule is CC(C)(C)NC(=O)c1sc2c(NC(=O)c3ccc(-c4ccc(Br)cc4)o3)cccc2c1Cl. The average Bonchev–Trinajstić information content (AvgIpc) is 3.34. The molecule has 0 aliphatic rings. The summed E-state index contributed by atoms with van der Waals surface area (Å²) in [4.78, 5) is 25.9. The lowest BCUT2D eigenvalue weighted by atomic mass is 10.1. The van der Waals surface area contributed by atoms with Gasteiger partial charge in [-0.25, -0.2) is 0 Å². The molecule has 0 spiro atoms. The van der Waals surface area contributed by atoms with Crippen molar-refractivity contribution in [2.45, 2.75) is 26.3 Å². The number of carbonyl (C=O) groups is 2. The second-order valence-electron chi connectivity index (χ2n) is 8.26. The summed E-state index contributed by atoms with van der Waals surface area (Å²) >= 11 is 11.2. The van der Waals surface area contributed by atoms with E-state index in [1.807, 2.05) is 51.1 Å². The Morgan fingerprint density at radius 1 is 1.00 bits per heavy atom. The summed E-state index contributed by atoms with van der Waals surface area (Å²) in [5.74, 6) is 0.159. The number of carbonyl (C=O) groups excluding carboxylic acids is 2. The Kier molecular flexibility index (Phi) is 6.16. The van der Waals surface area contributed by atoms with E-state index in [-0.39, 0.29) is 23.1 Å². The van der Waals surface area contributed by atoms with Crippen molar-refractivity contribution < 1.29 is 14.0 Å². The first-order valence-corrected chi connectivity index (χ1v) is 11.8. The first-order valence-electron chi connectivity index (χ1n) is 9.83. The molecule has 5 nitrogen and oxygen atoms in total. The molecule has 0 bridgehead atoms. The number of fused-ring (bicyclic) bond motifs is 1. The van der Waals surface area contributed by atoms with Gasteiger partial charge in [-0.2, -0.15) is 0 Å². The second-order valence-corrected chi connectivity index (χ2v) is 10.6. The molecule has 0 unspecified atom stereocenters. The molecule has 0 saturated heterocycles. The highest BCUT2D eigenvalue weighted by atomic mass is 79.9. The third-order valence-electron chi connectivity index (χ3n) is 4.56. The van der Waals surface area contributed by atoms with E-state index in [4.69, 9.17) is 16.0 Å². The standard InChI is InChI=1S/C24H20BrClN2O3S/c1-24(2,3)28-23(30)21-19(26)15-5-4-6-16(20(15)32-21)27-22(29)18-12-11-17(31-18)13-7-9-14(25)10-8-13/h4-12H,1-3H3,(H,27,29)(H,28,30). The fourth-order valence-corrected chi connectivity index (χ4v) is 4.88. The first kappa shape index (κ1) is 22.6. The average molecular weight is 532 g/mol. The van der Waals surface area contributed by atoms with Crippen molar-refractivity contribution in [2.75, 3.05) is 5.32 Å². The quantitative estimate of drug-likeness (QED) is 0.289. The maximum atomic E-state index is 12.8. The summed E-state index contributed by atoms with van der Waals surface area (Å²) in [5, 5.41) is 6.89. The number of hydrogen-bond donors (Lipinski definition) is 2. The zero-order chi connectivity index (χ0) is 23.0. The number of anilines is 1. The van der Waals surface area contributed by atoms with Crippen LogP contribution in [0.2, 0.25) is 5.02 Å². The molecule has 0 fully saturated rings. The largest absolute Gasteiger partial charge is 0.451 e. The van der Waals surface area contributed by atoms with Gasteiger partial charge in [0, 0.05) is 21.0 Å². The molecule has 8 heteroatoms. The second kappa shape index (κ2) is 8.73. The van der Waals surface area contributed by atoms with Gasteiger partial charge in [-0.3, -0.25) is 9.59 Å². The van der Waals surface area contributed by atoms with Crippen LogP contribution in [-0.4, -0.2) is 17.4 Å². The molecule has 2 aromatic heterocycles. The number of hydrogen-bond acceptors (Lipinski definition) is 4. The molecule has 0 saturated carbocycles. The predicted octanol–water partition coefficient (Wildman–Crippen LogP) is 7.36. The van der Waals surface area contributed by atoms with Crippen LogP contribution in [0.1, 0.15) is 41.0 Å². The lowest BCUT2D eigenvalue weighted by Gasteiger charge is -2.19. The molecule has 2 aromatic carbocycles. The van der Waals surface area contributed by atoms with E-state index in [2.05, 4.69) is 26.6 Å². The van der Waals surface area contributed by atoms with Crippen LogP contribution in [0.5, 0.6) is 0 Å². The van der Waals surface area contributed by atoms with Gasteiger partial charge in [-0.1, -0.05) is 51.8 Å². The highest BCUT2D eigenvalue weighted by molar-refractivity contribution is 9.10. The van der Waals surface area contributed by atoms with Gasteiger partial charge in [0.25, 0.3) is 11.8 Å². The van der Waals surface area contributed by atoms with E-state index in [9.17, 15) is 9.59 Å². The van der Waals surface area contributed by atoms with Gasteiger partial charge in [-0.15, -0.1) is 11.3 Å². The van der Waals surface area contributed by atoms with Crippen molar-refractivity contribution >= 4 is 66.5 Å². The van der Waals surface area contributed by atoms with E-state index < -0.39 is 0 Å². The number of furan rings is 1. The van der Waals surface area contributed by atoms with E-state index in [0.29, 0.717) is 26.7 Å². The molecule has 0 radical (unpaired) electrons. The fourth-order valence-electron chi connectivity index (χ4n) is 3.14. The summed E-state index contributed by atoms with van der Waals surface area (Å²) < 4.78 is 7.45. The van der Waals surface area contributed by atoms with Crippen LogP contribution in [0.3, 0.4) is 0 Å². The third-order valence-corrected chi connectivity index (χ3v) is 6.83. The third kappa shape index (κ3) is 4.75. The molecule has 32 heavy (non-hydrogen) atoms. The minimum absolute atomic E-state index is 0.188. The molecule has 2 amide bonds. The highest BCUT2D eigenvalue weighted by Gasteiger charge is 2.23. The molecule has 2 N–H and O–H groups in total. The van der Waals surface area contributed by atoms with Crippen LogP contribution in [0.4, 0.5) is 5.69 Å². The molecule has 0 atom stereocenters. The van der Waals surface area contributed by atoms with Crippen molar-refractivity contribution in [1.29, 1.82) is 0 Å². The zero-order valence-corrected chi connectivity index (χ0v) is 20.7. The van der Waals surface area contributed by atoms with Gasteiger partial charge in [0.05, 0.1) is 15.4 Å². The molecule has 2 heterocycles. The van der Waals surface area contributed by atoms with Gasteiger partial charge in [0.15, 0.2) is 5.76 Å². The molecule has 4 rings (SSSR count). The Morgan fingerprint density at radius 2 is 1.72 bits per heavy atom. The van der Waals surface area contributed by atoms with E-state index in [1.54, 1.807) is 24.3 Å². The number of halogens is 2. The van der Waals surface area contributed by atoms with Crippen LogP contribution >= 0.6 is 38.9 Å². The molecular weight excluding hydrogens is 512 g/mol. The number of nitrogens with one attached hydrogen (secondary N) is 2. The molecular formula is C24H20BrClN2O3S. The Labute approximate surface area is 202 Å². The van der Waals surface area contributed by atoms with Crippen LogP contribution in [-0.2, 0) is 0 Å². The van der Waals surface area contributed by atoms with Gasteiger partial charge in [-0.05, 0) is 51.1 Å². The van der Waals surface area contributed by atoms with E-state index in [0.717, 1.165) is 14.7 Å². The van der Waals surface area contributed by atoms with Crippen LogP contribution < -0.4 is 10.6 Å². The Balaban J connectivity index is 1.61. The monoisotopic (exact) mass is 530 g/mol. The summed E-state index contributed by atoms with van der Waals surface area (Å²) in [7, 11) is 0. The molecule has 0 aliphatic carbocycles. The Hall–Kier alpha value is -2.61. The minimum atomic E-state index is -0.389. The van der Waals surface area contributed by atoms with Crippen LogP contribution in [0.25, 0.3) is 21.4 Å². The van der Waals surface area contributed by atoms with Crippen molar-refractivity contribution in [2.24, 2.45) is 0 Å². The van der Waals surface area contributed by atoms with Crippen molar-refractivity contribution in [3.05, 3.63) is 74.7 Å². The Morgan fingerprint density at radius 3 is 2.41 bits per heavy atom. The van der Waals surface area contributed by atoms with Crippen LogP contribution in [0.15, 0.2) is 63.5 Å². The van der Waals surface area contributed by atoms with Crippen molar-refractivity contribution in [3.8, 4) is 11.3 Å².